The summed E-state index contributed by atoms with van der Waals surface area (Å²) >= 11 is 0. The van der Waals surface area contributed by atoms with Gasteiger partial charge in [-0.1, -0.05) is 32.1 Å². The lowest BCUT2D eigenvalue weighted by Crippen LogP contribution is -2.41. The maximum Gasteiger partial charge on any atom is 0.330 e. The average Bonchev–Trinajstić information content (AvgIpc) is 2.40. The molecule has 0 aromatic carbocycles. The van der Waals surface area contributed by atoms with E-state index in [1.54, 1.807) is 7.05 Å². The van der Waals surface area contributed by atoms with E-state index in [9.17, 15) is 9.59 Å². The Morgan fingerprint density at radius 2 is 2.00 bits per heavy atom. The van der Waals surface area contributed by atoms with E-state index in [0.717, 1.165) is 12.8 Å². The third-order valence-corrected chi connectivity index (χ3v) is 3.57. The molecule has 4 nitrogen and oxygen atoms in total. The van der Waals surface area contributed by atoms with Crippen molar-refractivity contribution >= 4 is 0 Å². The molecule has 0 amide bonds. The molecule has 1 heterocycles. The van der Waals surface area contributed by atoms with Gasteiger partial charge in [0, 0.05) is 31.3 Å². The highest BCUT2D eigenvalue weighted by Crippen LogP contribution is 2.31. The van der Waals surface area contributed by atoms with Gasteiger partial charge in [-0.3, -0.25) is 9.36 Å². The number of hydrogen-bond acceptors (Lipinski definition) is 2. The van der Waals surface area contributed by atoms with E-state index in [-0.39, 0.29) is 16.7 Å². The lowest BCUT2D eigenvalue weighted by atomic mass is 9.81. The van der Waals surface area contributed by atoms with E-state index >= 15 is 0 Å². The SMILES string of the molecule is Cn1ccc(=O)n(CC(C)(C)C2=CCCC=C2)c1=O. The highest BCUT2D eigenvalue weighted by atomic mass is 16.2. The van der Waals surface area contributed by atoms with Crippen LogP contribution in [-0.2, 0) is 13.6 Å². The van der Waals surface area contributed by atoms with Crippen molar-refractivity contribution in [2.24, 2.45) is 12.5 Å². The lowest BCUT2D eigenvalue weighted by molar-refractivity contribution is 0.357. The fraction of sp³-hybridized carbons (Fsp3) is 0.467. The van der Waals surface area contributed by atoms with Crippen LogP contribution in [0.1, 0.15) is 26.7 Å². The molecule has 0 saturated carbocycles. The van der Waals surface area contributed by atoms with Crippen LogP contribution in [0.5, 0.6) is 0 Å². The predicted molar refractivity (Wildman–Crippen MR) is 76.2 cm³/mol. The zero-order valence-corrected chi connectivity index (χ0v) is 11.7. The van der Waals surface area contributed by atoms with E-state index in [1.807, 2.05) is 0 Å². The minimum Gasteiger partial charge on any atom is -0.303 e. The topological polar surface area (TPSA) is 44.0 Å². The Hall–Kier alpha value is -1.84. The van der Waals surface area contributed by atoms with Gasteiger partial charge < -0.3 is 4.57 Å². The van der Waals surface area contributed by atoms with Gasteiger partial charge in [-0.2, -0.15) is 0 Å². The summed E-state index contributed by atoms with van der Waals surface area (Å²) in [6, 6.07) is 1.43. The predicted octanol–water partition coefficient (Wildman–Crippen LogP) is 1.85. The summed E-state index contributed by atoms with van der Waals surface area (Å²) in [4.78, 5) is 23.9. The first kappa shape index (κ1) is 13.6. The zero-order chi connectivity index (χ0) is 14.0. The molecule has 1 aliphatic rings. The first-order valence-electron chi connectivity index (χ1n) is 6.55. The molecule has 1 aromatic heterocycles. The van der Waals surface area contributed by atoms with Crippen LogP contribution in [0.25, 0.3) is 0 Å². The van der Waals surface area contributed by atoms with Crippen molar-refractivity contribution in [2.75, 3.05) is 0 Å². The standard InChI is InChI=1S/C15H20N2O2/c1-15(2,12-7-5-4-6-8-12)11-17-13(18)9-10-16(3)14(17)19/h5,7-10H,4,6,11H2,1-3H3. The number of allylic oxidation sites excluding steroid dienone is 4. The summed E-state index contributed by atoms with van der Waals surface area (Å²) in [6.07, 6.45) is 10.0. The van der Waals surface area contributed by atoms with Gasteiger partial charge in [0.2, 0.25) is 0 Å². The van der Waals surface area contributed by atoms with Crippen molar-refractivity contribution in [3.63, 3.8) is 0 Å². The van der Waals surface area contributed by atoms with Crippen molar-refractivity contribution in [3.8, 4) is 0 Å². The zero-order valence-electron chi connectivity index (χ0n) is 11.7. The van der Waals surface area contributed by atoms with Crippen LogP contribution in [-0.4, -0.2) is 9.13 Å². The second-order valence-corrected chi connectivity index (χ2v) is 5.66. The number of nitrogens with zero attached hydrogens (tertiary/aromatic N) is 2. The summed E-state index contributed by atoms with van der Waals surface area (Å²) < 4.78 is 2.74. The van der Waals surface area contributed by atoms with E-state index in [2.05, 4.69) is 32.1 Å². The summed E-state index contributed by atoms with van der Waals surface area (Å²) in [6.45, 7) is 4.52. The van der Waals surface area contributed by atoms with Gasteiger partial charge in [0.05, 0.1) is 0 Å². The molecule has 1 aliphatic carbocycles. The van der Waals surface area contributed by atoms with Gasteiger partial charge in [-0.15, -0.1) is 0 Å². The van der Waals surface area contributed by atoms with Crippen LogP contribution in [0, 0.1) is 5.41 Å². The Balaban J connectivity index is 2.38. The molecule has 19 heavy (non-hydrogen) atoms. The summed E-state index contributed by atoms with van der Waals surface area (Å²) in [7, 11) is 1.66. The first-order valence-corrected chi connectivity index (χ1v) is 6.55. The fourth-order valence-electron chi connectivity index (χ4n) is 2.36. The van der Waals surface area contributed by atoms with Gasteiger partial charge in [-0.05, 0) is 18.4 Å². The third kappa shape index (κ3) is 2.78. The third-order valence-electron chi connectivity index (χ3n) is 3.57. The molecule has 1 aromatic rings. The molecule has 102 valence electrons. The second kappa shape index (κ2) is 5.03. The maximum atomic E-state index is 12.0. The smallest absolute Gasteiger partial charge is 0.303 e. The lowest BCUT2D eigenvalue weighted by Gasteiger charge is -2.28. The number of hydrogen-bond donors (Lipinski definition) is 0. The average molecular weight is 260 g/mol. The summed E-state index contributed by atoms with van der Waals surface area (Å²) in [5, 5.41) is 0. The summed E-state index contributed by atoms with van der Waals surface area (Å²) in [5.74, 6) is 0. The van der Waals surface area contributed by atoms with Crippen LogP contribution in [0.3, 0.4) is 0 Å². The molecule has 0 fully saturated rings. The van der Waals surface area contributed by atoms with Crippen LogP contribution < -0.4 is 11.2 Å². The van der Waals surface area contributed by atoms with Crippen LogP contribution in [0.2, 0.25) is 0 Å². The van der Waals surface area contributed by atoms with Crippen LogP contribution in [0.15, 0.2) is 45.7 Å². The molecular weight excluding hydrogens is 240 g/mol. The monoisotopic (exact) mass is 260 g/mol. The Kier molecular flexibility index (Phi) is 3.60. The highest BCUT2D eigenvalue weighted by Gasteiger charge is 2.24. The molecule has 0 aliphatic heterocycles. The van der Waals surface area contributed by atoms with E-state index in [0.29, 0.717) is 6.54 Å². The van der Waals surface area contributed by atoms with E-state index in [1.165, 1.54) is 27.0 Å². The quantitative estimate of drug-likeness (QED) is 0.832. The normalized spacial score (nSPS) is 15.4. The maximum absolute atomic E-state index is 12.0. The number of aromatic nitrogens is 2. The Labute approximate surface area is 112 Å². The molecule has 0 atom stereocenters. The molecule has 4 heteroatoms. The van der Waals surface area contributed by atoms with Crippen LogP contribution >= 0.6 is 0 Å². The van der Waals surface area contributed by atoms with Gasteiger partial charge >= 0.3 is 5.69 Å². The molecule has 0 spiro atoms. The Morgan fingerprint density at radius 1 is 1.26 bits per heavy atom. The summed E-state index contributed by atoms with van der Waals surface area (Å²) in [5.41, 5.74) is 0.461. The van der Waals surface area contributed by atoms with Gasteiger partial charge in [0.15, 0.2) is 0 Å². The molecular formula is C15H20N2O2. The number of aryl methyl sites for hydroxylation is 1. The van der Waals surface area contributed by atoms with E-state index < -0.39 is 0 Å². The fourth-order valence-corrected chi connectivity index (χ4v) is 2.36. The van der Waals surface area contributed by atoms with Crippen molar-refractivity contribution in [1.82, 2.24) is 9.13 Å². The minimum atomic E-state index is -0.263. The molecule has 0 saturated heterocycles. The van der Waals surface area contributed by atoms with Gasteiger partial charge in [0.1, 0.15) is 0 Å². The van der Waals surface area contributed by atoms with Crippen molar-refractivity contribution in [1.29, 1.82) is 0 Å². The Bertz CT molecular complexity index is 645. The van der Waals surface area contributed by atoms with Crippen molar-refractivity contribution in [2.45, 2.75) is 33.2 Å². The largest absolute Gasteiger partial charge is 0.330 e. The highest BCUT2D eigenvalue weighted by molar-refractivity contribution is 5.28. The first-order chi connectivity index (χ1) is 8.92. The molecule has 0 bridgehead atoms. The molecule has 0 unspecified atom stereocenters. The van der Waals surface area contributed by atoms with Crippen molar-refractivity contribution < 1.29 is 0 Å². The number of rotatable bonds is 3. The van der Waals surface area contributed by atoms with E-state index in [4.69, 9.17) is 0 Å². The minimum absolute atomic E-state index is 0.228. The Morgan fingerprint density at radius 3 is 2.63 bits per heavy atom. The second-order valence-electron chi connectivity index (χ2n) is 5.66. The molecule has 0 radical (unpaired) electrons. The van der Waals surface area contributed by atoms with Gasteiger partial charge in [-0.25, -0.2) is 4.79 Å². The molecule has 2 rings (SSSR count). The van der Waals surface area contributed by atoms with Crippen molar-refractivity contribution in [3.05, 3.63) is 56.9 Å². The molecule has 0 N–H and O–H groups in total. The van der Waals surface area contributed by atoms with Crippen LogP contribution in [0.4, 0.5) is 0 Å². The van der Waals surface area contributed by atoms with Gasteiger partial charge in [0.25, 0.3) is 5.56 Å².